The van der Waals surface area contributed by atoms with Gasteiger partial charge in [0.05, 0.1) is 5.69 Å². The molecule has 0 atom stereocenters. The molecule has 1 N–H and O–H groups in total. The summed E-state index contributed by atoms with van der Waals surface area (Å²) in [4.78, 5) is 17.1. The fourth-order valence-corrected chi connectivity index (χ4v) is 4.41. The highest BCUT2D eigenvalue weighted by atomic mass is 16.5. The maximum atomic E-state index is 12.5. The maximum absolute atomic E-state index is 12.5. The molecule has 1 saturated heterocycles. The van der Waals surface area contributed by atoms with E-state index in [1.807, 2.05) is 54.6 Å². The number of ether oxygens (including phenoxy) is 1. The zero-order chi connectivity index (χ0) is 24.5. The number of rotatable bonds is 9. The van der Waals surface area contributed by atoms with Crippen molar-refractivity contribution in [3.63, 3.8) is 0 Å². The number of amides is 1. The molecule has 184 valence electrons. The summed E-state index contributed by atoms with van der Waals surface area (Å²) in [5.41, 5.74) is 3.48. The first-order valence-electron chi connectivity index (χ1n) is 12.6. The molecule has 1 aliphatic heterocycles. The Morgan fingerprint density at radius 3 is 2.43 bits per heavy atom. The maximum Gasteiger partial charge on any atom is 0.262 e. The monoisotopic (exact) mass is 473 g/mol. The van der Waals surface area contributed by atoms with Crippen molar-refractivity contribution in [1.82, 2.24) is 10.2 Å². The van der Waals surface area contributed by atoms with Gasteiger partial charge in [-0.15, -0.1) is 10.2 Å². The highest BCUT2D eigenvalue weighted by Gasteiger charge is 2.12. The van der Waals surface area contributed by atoms with Crippen LogP contribution in [0.1, 0.15) is 39.5 Å². The van der Waals surface area contributed by atoms with E-state index in [0.29, 0.717) is 11.4 Å². The molecular formula is C28H35N5O2. The summed E-state index contributed by atoms with van der Waals surface area (Å²) in [6.45, 7) is 8.10. The van der Waals surface area contributed by atoms with Crippen LogP contribution in [0.15, 0.2) is 60.7 Å². The molecule has 0 unspecified atom stereocenters. The first kappa shape index (κ1) is 24.5. The molecule has 0 radical (unpaired) electrons. The van der Waals surface area contributed by atoms with Crippen molar-refractivity contribution < 1.29 is 9.53 Å². The van der Waals surface area contributed by atoms with E-state index in [2.05, 4.69) is 45.2 Å². The van der Waals surface area contributed by atoms with Crippen molar-refractivity contribution >= 4 is 23.1 Å². The van der Waals surface area contributed by atoms with E-state index in [1.165, 1.54) is 25.7 Å². The third-order valence-corrected chi connectivity index (χ3v) is 6.34. The molecule has 1 amide bonds. The number of hydrogen-bond donors (Lipinski definition) is 1. The summed E-state index contributed by atoms with van der Waals surface area (Å²) >= 11 is 0. The van der Waals surface area contributed by atoms with E-state index in [9.17, 15) is 4.79 Å². The molecule has 7 nitrogen and oxygen atoms in total. The van der Waals surface area contributed by atoms with E-state index in [-0.39, 0.29) is 12.5 Å². The molecule has 7 heteroatoms. The van der Waals surface area contributed by atoms with Gasteiger partial charge in [-0.2, -0.15) is 0 Å². The van der Waals surface area contributed by atoms with E-state index in [1.54, 1.807) is 0 Å². The lowest BCUT2D eigenvalue weighted by Crippen LogP contribution is -2.25. The van der Waals surface area contributed by atoms with Gasteiger partial charge < -0.3 is 19.9 Å². The SMILES string of the molecule is CCN(CC)c1cccc(OCC(=O)Nc2cccc(-c3ccc(N4CCCCCC4)nn3)c2)c1. The summed E-state index contributed by atoms with van der Waals surface area (Å²) in [6, 6.07) is 19.5. The van der Waals surface area contributed by atoms with Crippen molar-refractivity contribution in [3.8, 4) is 17.0 Å². The number of benzene rings is 2. The summed E-state index contributed by atoms with van der Waals surface area (Å²) in [5, 5.41) is 11.8. The zero-order valence-electron chi connectivity index (χ0n) is 20.7. The van der Waals surface area contributed by atoms with Crippen LogP contribution in [0.25, 0.3) is 11.3 Å². The lowest BCUT2D eigenvalue weighted by molar-refractivity contribution is -0.118. The average Bonchev–Trinajstić information content (AvgIpc) is 3.19. The largest absolute Gasteiger partial charge is 0.484 e. The van der Waals surface area contributed by atoms with Crippen LogP contribution < -0.4 is 19.9 Å². The Kier molecular flexibility index (Phi) is 8.54. The summed E-state index contributed by atoms with van der Waals surface area (Å²) < 4.78 is 5.75. The van der Waals surface area contributed by atoms with E-state index in [4.69, 9.17) is 4.74 Å². The van der Waals surface area contributed by atoms with Crippen LogP contribution in [-0.4, -0.2) is 48.9 Å². The zero-order valence-corrected chi connectivity index (χ0v) is 20.7. The molecule has 0 aliphatic carbocycles. The van der Waals surface area contributed by atoms with E-state index < -0.39 is 0 Å². The molecule has 4 rings (SSSR count). The topological polar surface area (TPSA) is 70.6 Å². The molecule has 35 heavy (non-hydrogen) atoms. The van der Waals surface area contributed by atoms with Gasteiger partial charge in [-0.3, -0.25) is 4.79 Å². The lowest BCUT2D eigenvalue weighted by Gasteiger charge is -2.21. The first-order valence-corrected chi connectivity index (χ1v) is 12.6. The summed E-state index contributed by atoms with van der Waals surface area (Å²) in [7, 11) is 0. The lowest BCUT2D eigenvalue weighted by atomic mass is 10.1. The van der Waals surface area contributed by atoms with Crippen LogP contribution in [0.4, 0.5) is 17.2 Å². The minimum Gasteiger partial charge on any atom is -0.484 e. The Bertz CT molecular complexity index is 1090. The smallest absolute Gasteiger partial charge is 0.262 e. The van der Waals surface area contributed by atoms with Crippen molar-refractivity contribution in [2.24, 2.45) is 0 Å². The second-order valence-corrected chi connectivity index (χ2v) is 8.77. The van der Waals surface area contributed by atoms with Gasteiger partial charge in [0.2, 0.25) is 0 Å². The summed E-state index contributed by atoms with van der Waals surface area (Å²) in [5.74, 6) is 1.40. The fourth-order valence-electron chi connectivity index (χ4n) is 4.41. The normalized spacial score (nSPS) is 13.7. The van der Waals surface area contributed by atoms with E-state index in [0.717, 1.165) is 48.9 Å². The van der Waals surface area contributed by atoms with Gasteiger partial charge in [0, 0.05) is 49.2 Å². The third-order valence-electron chi connectivity index (χ3n) is 6.34. The number of aromatic nitrogens is 2. The molecule has 2 aromatic carbocycles. The Labute approximate surface area is 208 Å². The molecule has 1 aromatic heterocycles. The van der Waals surface area contributed by atoms with Crippen LogP contribution in [0.3, 0.4) is 0 Å². The number of carbonyl (C=O) groups excluding carboxylic acids is 1. The Balaban J connectivity index is 1.35. The molecular weight excluding hydrogens is 438 g/mol. The number of nitrogens with one attached hydrogen (secondary N) is 1. The predicted octanol–water partition coefficient (Wildman–Crippen LogP) is 5.39. The van der Waals surface area contributed by atoms with Gasteiger partial charge in [0.15, 0.2) is 12.4 Å². The quantitative estimate of drug-likeness (QED) is 0.449. The van der Waals surface area contributed by atoms with Gasteiger partial charge in [-0.05, 0) is 63.1 Å². The van der Waals surface area contributed by atoms with Gasteiger partial charge in [-0.25, -0.2) is 0 Å². The fraction of sp³-hybridized carbons (Fsp3) is 0.393. The third kappa shape index (κ3) is 6.72. The van der Waals surface area contributed by atoms with Gasteiger partial charge in [0.1, 0.15) is 5.75 Å². The van der Waals surface area contributed by atoms with Gasteiger partial charge in [-0.1, -0.05) is 31.0 Å². The van der Waals surface area contributed by atoms with Crippen LogP contribution in [-0.2, 0) is 4.79 Å². The van der Waals surface area contributed by atoms with Crippen LogP contribution in [0.2, 0.25) is 0 Å². The van der Waals surface area contributed by atoms with Crippen molar-refractivity contribution in [2.75, 3.05) is 47.9 Å². The molecule has 3 aromatic rings. The van der Waals surface area contributed by atoms with Crippen molar-refractivity contribution in [2.45, 2.75) is 39.5 Å². The Morgan fingerprint density at radius 1 is 0.943 bits per heavy atom. The number of nitrogens with zero attached hydrogens (tertiary/aromatic N) is 4. The molecule has 1 aliphatic rings. The van der Waals surface area contributed by atoms with E-state index >= 15 is 0 Å². The Hall–Kier alpha value is -3.61. The highest BCUT2D eigenvalue weighted by Crippen LogP contribution is 2.24. The molecule has 2 heterocycles. The Morgan fingerprint density at radius 2 is 1.71 bits per heavy atom. The van der Waals surface area contributed by atoms with Crippen LogP contribution >= 0.6 is 0 Å². The predicted molar refractivity (Wildman–Crippen MR) is 142 cm³/mol. The minimum absolute atomic E-state index is 0.0593. The standard InChI is InChI=1S/C28H35N5O2/c1-3-32(4-2)24-13-10-14-25(20-24)35-21-28(34)29-23-12-9-11-22(19-23)26-15-16-27(31-30-26)33-17-7-5-6-8-18-33/h9-16,19-20H,3-8,17-18,21H2,1-2H3,(H,29,34). The molecule has 1 fully saturated rings. The van der Waals surface area contributed by atoms with Gasteiger partial charge in [0.25, 0.3) is 5.91 Å². The van der Waals surface area contributed by atoms with Crippen molar-refractivity contribution in [1.29, 1.82) is 0 Å². The number of anilines is 3. The number of carbonyl (C=O) groups is 1. The first-order chi connectivity index (χ1) is 17.2. The molecule has 0 saturated carbocycles. The number of hydrogen-bond acceptors (Lipinski definition) is 6. The molecule has 0 spiro atoms. The molecule has 0 bridgehead atoms. The van der Waals surface area contributed by atoms with Crippen LogP contribution in [0.5, 0.6) is 5.75 Å². The highest BCUT2D eigenvalue weighted by molar-refractivity contribution is 5.92. The van der Waals surface area contributed by atoms with Crippen molar-refractivity contribution in [3.05, 3.63) is 60.7 Å². The van der Waals surface area contributed by atoms with Crippen LogP contribution in [0, 0.1) is 0 Å². The summed E-state index contributed by atoms with van der Waals surface area (Å²) in [6.07, 6.45) is 4.98. The second-order valence-electron chi connectivity index (χ2n) is 8.77. The average molecular weight is 474 g/mol. The second kappa shape index (κ2) is 12.2. The minimum atomic E-state index is -0.210. The van der Waals surface area contributed by atoms with Gasteiger partial charge >= 0.3 is 0 Å².